The summed E-state index contributed by atoms with van der Waals surface area (Å²) in [6, 6.07) is 9.11. The van der Waals surface area contributed by atoms with Crippen molar-refractivity contribution in [2.75, 3.05) is 53.9 Å². The van der Waals surface area contributed by atoms with Crippen LogP contribution >= 0.6 is 11.6 Å². The Morgan fingerprint density at radius 1 is 1.23 bits per heavy atom. The van der Waals surface area contributed by atoms with E-state index in [9.17, 15) is 0 Å². The standard InChI is InChI=1S/C20H32ClN5/c1-22-20(26-13-10-18(15-26)25-11-4-5-12-25)23-14-19(24(2)3)16-6-8-17(21)9-7-16/h6-9,18-19H,4-5,10-15H2,1-3H3,(H,22,23). The zero-order valence-corrected chi connectivity index (χ0v) is 17.0. The largest absolute Gasteiger partial charge is 0.354 e. The number of likely N-dealkylation sites (N-methyl/N-ethyl adjacent to an activating group) is 1. The lowest BCUT2D eigenvalue weighted by molar-refractivity contribution is 0.248. The highest BCUT2D eigenvalue weighted by Gasteiger charge is 2.30. The highest BCUT2D eigenvalue weighted by atomic mass is 35.5. The van der Waals surface area contributed by atoms with Crippen molar-refractivity contribution in [1.82, 2.24) is 20.0 Å². The normalized spacial score (nSPS) is 23.0. The van der Waals surface area contributed by atoms with E-state index in [1.807, 2.05) is 19.2 Å². The summed E-state index contributed by atoms with van der Waals surface area (Å²) in [5, 5.41) is 4.38. The highest BCUT2D eigenvalue weighted by Crippen LogP contribution is 2.22. The molecule has 0 bridgehead atoms. The lowest BCUT2D eigenvalue weighted by Crippen LogP contribution is -2.45. The van der Waals surface area contributed by atoms with E-state index in [4.69, 9.17) is 11.6 Å². The second-order valence-corrected chi connectivity index (χ2v) is 8.03. The Morgan fingerprint density at radius 3 is 2.54 bits per heavy atom. The van der Waals surface area contributed by atoms with Gasteiger partial charge in [0.05, 0.1) is 6.04 Å². The first-order valence-corrected chi connectivity index (χ1v) is 10.1. The van der Waals surface area contributed by atoms with Crippen molar-refractivity contribution in [2.45, 2.75) is 31.3 Å². The van der Waals surface area contributed by atoms with Gasteiger partial charge in [0, 0.05) is 37.7 Å². The number of benzene rings is 1. The Labute approximate surface area is 163 Å². The van der Waals surface area contributed by atoms with Crippen LogP contribution in [0.3, 0.4) is 0 Å². The van der Waals surface area contributed by atoms with Crippen molar-refractivity contribution >= 4 is 17.6 Å². The first kappa shape index (κ1) is 19.5. The van der Waals surface area contributed by atoms with Crippen LogP contribution in [-0.2, 0) is 0 Å². The monoisotopic (exact) mass is 377 g/mol. The highest BCUT2D eigenvalue weighted by molar-refractivity contribution is 6.30. The molecule has 0 amide bonds. The van der Waals surface area contributed by atoms with Crippen LogP contribution in [0.1, 0.15) is 30.9 Å². The van der Waals surface area contributed by atoms with E-state index >= 15 is 0 Å². The smallest absolute Gasteiger partial charge is 0.193 e. The van der Waals surface area contributed by atoms with Crippen LogP contribution in [0.5, 0.6) is 0 Å². The van der Waals surface area contributed by atoms with Crippen molar-refractivity contribution in [1.29, 1.82) is 0 Å². The second kappa shape index (κ2) is 9.07. The molecule has 0 saturated carbocycles. The summed E-state index contributed by atoms with van der Waals surface area (Å²) in [7, 11) is 6.12. The lowest BCUT2D eigenvalue weighted by Gasteiger charge is -2.29. The summed E-state index contributed by atoms with van der Waals surface area (Å²) in [6.07, 6.45) is 3.96. The van der Waals surface area contributed by atoms with Gasteiger partial charge >= 0.3 is 0 Å². The van der Waals surface area contributed by atoms with Gasteiger partial charge in [0.25, 0.3) is 0 Å². The molecular weight excluding hydrogens is 346 g/mol. The van der Waals surface area contributed by atoms with Gasteiger partial charge in [-0.25, -0.2) is 0 Å². The number of nitrogens with zero attached hydrogens (tertiary/aromatic N) is 4. The summed E-state index contributed by atoms with van der Waals surface area (Å²) >= 11 is 6.04. The Bertz CT molecular complexity index is 595. The van der Waals surface area contributed by atoms with Crippen LogP contribution in [0.2, 0.25) is 5.02 Å². The number of aliphatic imine (C=N–C) groups is 1. The summed E-state index contributed by atoms with van der Waals surface area (Å²) in [5.41, 5.74) is 1.26. The first-order valence-electron chi connectivity index (χ1n) is 9.70. The van der Waals surface area contributed by atoms with Gasteiger partial charge < -0.3 is 15.1 Å². The summed E-state index contributed by atoms with van der Waals surface area (Å²) in [6.45, 7) is 5.54. The minimum Gasteiger partial charge on any atom is -0.354 e. The molecule has 0 aliphatic carbocycles. The third kappa shape index (κ3) is 4.70. The van der Waals surface area contributed by atoms with E-state index in [-0.39, 0.29) is 6.04 Å². The zero-order valence-electron chi connectivity index (χ0n) is 16.3. The van der Waals surface area contributed by atoms with Crippen LogP contribution < -0.4 is 5.32 Å². The molecule has 3 rings (SSSR count). The number of rotatable bonds is 5. The Morgan fingerprint density at radius 2 is 1.92 bits per heavy atom. The Kier molecular flexibility index (Phi) is 6.79. The lowest BCUT2D eigenvalue weighted by atomic mass is 10.1. The molecule has 2 atom stereocenters. The molecule has 6 heteroatoms. The van der Waals surface area contributed by atoms with Gasteiger partial charge in [-0.3, -0.25) is 9.89 Å². The molecule has 144 valence electrons. The van der Waals surface area contributed by atoms with Gasteiger partial charge in [-0.2, -0.15) is 0 Å². The predicted octanol–water partition coefficient (Wildman–Crippen LogP) is 2.69. The third-order valence-corrected chi connectivity index (χ3v) is 5.92. The molecule has 2 unspecified atom stereocenters. The van der Waals surface area contributed by atoms with E-state index in [0.717, 1.165) is 30.6 Å². The molecule has 2 heterocycles. The molecule has 2 aliphatic rings. The van der Waals surface area contributed by atoms with Gasteiger partial charge in [-0.05, 0) is 64.1 Å². The fourth-order valence-corrected chi connectivity index (χ4v) is 4.27. The molecule has 26 heavy (non-hydrogen) atoms. The molecule has 0 aromatic heterocycles. The maximum absolute atomic E-state index is 6.04. The SMILES string of the molecule is CN=C(NCC(c1ccc(Cl)cc1)N(C)C)N1CCC(N2CCCC2)C1. The first-order chi connectivity index (χ1) is 12.6. The minimum atomic E-state index is 0.279. The Hall–Kier alpha value is -1.30. The van der Waals surface area contributed by atoms with E-state index in [2.05, 4.69) is 51.2 Å². The average molecular weight is 378 g/mol. The Balaban J connectivity index is 1.58. The summed E-state index contributed by atoms with van der Waals surface area (Å²) in [4.78, 5) is 11.9. The summed E-state index contributed by atoms with van der Waals surface area (Å²) in [5.74, 6) is 1.02. The van der Waals surface area contributed by atoms with Crippen molar-refractivity contribution in [3.63, 3.8) is 0 Å². The minimum absolute atomic E-state index is 0.279. The van der Waals surface area contributed by atoms with Crippen LogP contribution in [0.15, 0.2) is 29.3 Å². The number of guanidine groups is 1. The van der Waals surface area contributed by atoms with Gasteiger partial charge in [0.15, 0.2) is 5.96 Å². The van der Waals surface area contributed by atoms with Gasteiger partial charge in [-0.1, -0.05) is 23.7 Å². The quantitative estimate of drug-likeness (QED) is 0.632. The van der Waals surface area contributed by atoms with E-state index in [1.165, 1.54) is 37.9 Å². The fraction of sp³-hybridized carbons (Fsp3) is 0.650. The van der Waals surface area contributed by atoms with Crippen molar-refractivity contribution in [2.24, 2.45) is 4.99 Å². The molecule has 0 spiro atoms. The predicted molar refractivity (Wildman–Crippen MR) is 110 cm³/mol. The average Bonchev–Trinajstić information content (AvgIpc) is 3.31. The molecule has 1 aromatic carbocycles. The summed E-state index contributed by atoms with van der Waals surface area (Å²) < 4.78 is 0. The molecule has 2 fully saturated rings. The van der Waals surface area contributed by atoms with Crippen LogP contribution in [0.4, 0.5) is 0 Å². The topological polar surface area (TPSA) is 34.1 Å². The van der Waals surface area contributed by atoms with Crippen molar-refractivity contribution in [3.8, 4) is 0 Å². The van der Waals surface area contributed by atoms with Gasteiger partial charge in [0.2, 0.25) is 0 Å². The molecule has 2 aliphatic heterocycles. The van der Waals surface area contributed by atoms with E-state index in [0.29, 0.717) is 6.04 Å². The molecular formula is C20H32ClN5. The number of hydrogen-bond donors (Lipinski definition) is 1. The van der Waals surface area contributed by atoms with Crippen molar-refractivity contribution in [3.05, 3.63) is 34.9 Å². The van der Waals surface area contributed by atoms with Gasteiger partial charge in [0.1, 0.15) is 0 Å². The number of likely N-dealkylation sites (tertiary alicyclic amines) is 2. The molecule has 1 aromatic rings. The third-order valence-electron chi connectivity index (χ3n) is 5.66. The van der Waals surface area contributed by atoms with Crippen LogP contribution in [0.25, 0.3) is 0 Å². The maximum atomic E-state index is 6.04. The van der Waals surface area contributed by atoms with E-state index in [1.54, 1.807) is 0 Å². The molecule has 2 saturated heterocycles. The van der Waals surface area contributed by atoms with E-state index < -0.39 is 0 Å². The number of halogens is 1. The number of nitrogens with one attached hydrogen (secondary N) is 1. The second-order valence-electron chi connectivity index (χ2n) is 7.59. The zero-order chi connectivity index (χ0) is 18.5. The number of hydrogen-bond acceptors (Lipinski definition) is 3. The molecule has 5 nitrogen and oxygen atoms in total. The van der Waals surface area contributed by atoms with Crippen LogP contribution in [0, 0.1) is 0 Å². The fourth-order valence-electron chi connectivity index (χ4n) is 4.14. The maximum Gasteiger partial charge on any atom is 0.193 e. The van der Waals surface area contributed by atoms with Crippen molar-refractivity contribution < 1.29 is 0 Å². The van der Waals surface area contributed by atoms with Crippen LogP contribution in [-0.4, -0.2) is 80.6 Å². The molecule has 1 N–H and O–H groups in total. The van der Waals surface area contributed by atoms with Gasteiger partial charge in [-0.15, -0.1) is 0 Å². The molecule has 0 radical (unpaired) electrons.